The first-order valence-electron chi connectivity index (χ1n) is 0.730. The van der Waals surface area contributed by atoms with Crippen LogP contribution in [0.4, 0.5) is 0 Å². The SMILES string of the molecule is O=P([O-])([O-])[O-].[Ca+2].[Ca+2].[O-2].[O-2].[Ti+4]. The standard InChI is InChI=1S/2Ca.H3O4P.2O.Ti/c;;1-5(2,3)4;;;/h;;(H3,1,2,3,4);;;/q2*+2;;2*-2;+4/p-3. The Morgan fingerprint density at radius 3 is 0.900 bits per heavy atom. The molecule has 0 saturated heterocycles. The quantitative estimate of drug-likeness (QED) is 0.322. The predicted molar refractivity (Wildman–Crippen MR) is 20.5 cm³/mol. The summed E-state index contributed by atoms with van der Waals surface area (Å²) in [5, 5.41) is 0. The van der Waals surface area contributed by atoms with Gasteiger partial charge >= 0.3 is 97.2 Å². The van der Waals surface area contributed by atoms with E-state index in [1.54, 1.807) is 0 Å². The third-order valence-electron chi connectivity index (χ3n) is 0. The summed E-state index contributed by atoms with van der Waals surface area (Å²) < 4.78 is 8.55. The van der Waals surface area contributed by atoms with Crippen LogP contribution in [-0.4, -0.2) is 75.5 Å². The number of rotatable bonds is 0. The van der Waals surface area contributed by atoms with E-state index in [1.165, 1.54) is 0 Å². The van der Waals surface area contributed by atoms with Gasteiger partial charge in [-0.1, -0.05) is 0 Å². The fourth-order valence-electron chi connectivity index (χ4n) is 0. The maximum absolute atomic E-state index is 8.55. The second kappa shape index (κ2) is 18.1. The van der Waals surface area contributed by atoms with Crippen LogP contribution in [0.25, 0.3) is 0 Å². The molecule has 0 aromatic rings. The van der Waals surface area contributed by atoms with Crippen molar-refractivity contribution in [1.82, 2.24) is 0 Å². The van der Waals surface area contributed by atoms with Crippen molar-refractivity contribution < 1.29 is 51.9 Å². The molecule has 0 aliphatic rings. The Labute approximate surface area is 133 Å². The molecule has 0 radical (unpaired) electrons. The summed E-state index contributed by atoms with van der Waals surface area (Å²) in [5.74, 6) is 0. The number of phosphoric acid groups is 1. The van der Waals surface area contributed by atoms with E-state index in [4.69, 9.17) is 19.2 Å². The van der Waals surface area contributed by atoms with E-state index < -0.39 is 7.82 Å². The molecule has 10 heteroatoms. The van der Waals surface area contributed by atoms with E-state index in [9.17, 15) is 0 Å². The zero-order valence-electron chi connectivity index (χ0n) is 4.81. The van der Waals surface area contributed by atoms with Gasteiger partial charge in [-0.3, -0.25) is 0 Å². The summed E-state index contributed by atoms with van der Waals surface area (Å²) in [4.78, 5) is 25.6. The fraction of sp³-hybridized carbons (Fsp3) is 0. The van der Waals surface area contributed by atoms with Crippen LogP contribution in [0, 0.1) is 0 Å². The first kappa shape index (κ1) is 37.8. The molecule has 10 heavy (non-hydrogen) atoms. The molecule has 0 unspecified atom stereocenters. The topological polar surface area (TPSA) is 143 Å². The minimum atomic E-state index is -5.39. The average Bonchev–Trinajstić information content (AvgIpc) is 0.722. The van der Waals surface area contributed by atoms with Gasteiger partial charge in [-0.05, 0) is 0 Å². The molecule has 48 valence electrons. The van der Waals surface area contributed by atoms with E-state index in [0.29, 0.717) is 0 Å². The molecule has 0 N–H and O–H groups in total. The minimum absolute atomic E-state index is 0. The summed E-state index contributed by atoms with van der Waals surface area (Å²) in [6.07, 6.45) is 0. The van der Waals surface area contributed by atoms with E-state index in [2.05, 4.69) is 0 Å². The van der Waals surface area contributed by atoms with Crippen molar-refractivity contribution >= 4 is 83.3 Å². The van der Waals surface area contributed by atoms with Gasteiger partial charge in [-0.2, -0.15) is 7.82 Å². The average molecular weight is 255 g/mol. The monoisotopic (exact) mass is 255 g/mol. The van der Waals surface area contributed by atoms with Crippen molar-refractivity contribution in [3.8, 4) is 0 Å². The van der Waals surface area contributed by atoms with Gasteiger partial charge in [-0.15, -0.1) is 0 Å². The van der Waals surface area contributed by atoms with Crippen molar-refractivity contribution in [2.24, 2.45) is 0 Å². The number of hydrogen-bond donors (Lipinski definition) is 0. The largest absolute Gasteiger partial charge is 4.00 e. The molecule has 0 bridgehead atoms. The Morgan fingerprint density at radius 2 is 0.900 bits per heavy atom. The van der Waals surface area contributed by atoms with Gasteiger partial charge in [0.2, 0.25) is 0 Å². The third-order valence-corrected chi connectivity index (χ3v) is 0. The molecule has 0 atom stereocenters. The summed E-state index contributed by atoms with van der Waals surface area (Å²) >= 11 is 0. The van der Waals surface area contributed by atoms with Gasteiger partial charge in [0, 0.05) is 0 Å². The Kier molecular flexibility index (Phi) is 68.5. The van der Waals surface area contributed by atoms with Crippen LogP contribution in [0.15, 0.2) is 0 Å². The number of hydrogen-bond acceptors (Lipinski definition) is 4. The Morgan fingerprint density at radius 1 is 0.900 bits per heavy atom. The van der Waals surface area contributed by atoms with E-state index in [0.717, 1.165) is 0 Å². The molecular formula is Ca2O6PTi+. The van der Waals surface area contributed by atoms with Crippen molar-refractivity contribution in [2.45, 2.75) is 0 Å². The van der Waals surface area contributed by atoms with Crippen molar-refractivity contribution in [3.05, 3.63) is 0 Å². The predicted octanol–water partition coefficient (Wildman–Crippen LogP) is -3.83. The molecule has 0 amide bonds. The molecule has 0 rings (SSSR count). The van der Waals surface area contributed by atoms with Crippen molar-refractivity contribution in [2.75, 3.05) is 0 Å². The first-order chi connectivity index (χ1) is 2.00. The smallest absolute Gasteiger partial charge is 2.00 e. The molecule has 6 nitrogen and oxygen atoms in total. The van der Waals surface area contributed by atoms with Crippen LogP contribution in [0.2, 0.25) is 0 Å². The second-order valence-electron chi connectivity index (χ2n) is 0.447. The van der Waals surface area contributed by atoms with Crippen LogP contribution < -0.4 is 14.7 Å². The van der Waals surface area contributed by atoms with E-state index >= 15 is 0 Å². The summed E-state index contributed by atoms with van der Waals surface area (Å²) in [7, 11) is -5.39. The van der Waals surface area contributed by atoms with Gasteiger partial charge in [0.15, 0.2) is 0 Å². The van der Waals surface area contributed by atoms with Gasteiger partial charge in [-0.25, -0.2) is 0 Å². The van der Waals surface area contributed by atoms with Gasteiger partial charge in [0.1, 0.15) is 0 Å². The van der Waals surface area contributed by atoms with E-state index in [-0.39, 0.29) is 108 Å². The van der Waals surface area contributed by atoms with Crippen LogP contribution in [0.5, 0.6) is 0 Å². The summed E-state index contributed by atoms with van der Waals surface area (Å²) in [6.45, 7) is 0. The zero-order chi connectivity index (χ0) is 4.50. The summed E-state index contributed by atoms with van der Waals surface area (Å²) in [5.41, 5.74) is 0. The van der Waals surface area contributed by atoms with Crippen LogP contribution >= 0.6 is 7.82 Å². The van der Waals surface area contributed by atoms with Gasteiger partial charge in [0.25, 0.3) is 0 Å². The van der Waals surface area contributed by atoms with Crippen LogP contribution in [-0.2, 0) is 37.2 Å². The Bertz CT molecular complexity index is 61.9. The maximum Gasteiger partial charge on any atom is 4.00 e. The molecule has 0 aromatic carbocycles. The molecule has 0 saturated carbocycles. The third kappa shape index (κ3) is 111. The van der Waals surface area contributed by atoms with Crippen LogP contribution in [0.1, 0.15) is 0 Å². The van der Waals surface area contributed by atoms with Gasteiger partial charge in [0.05, 0.1) is 0 Å². The normalized spacial score (nSPS) is 5.90. The van der Waals surface area contributed by atoms with E-state index in [1.807, 2.05) is 0 Å². The van der Waals surface area contributed by atoms with Crippen molar-refractivity contribution in [3.63, 3.8) is 0 Å². The molecule has 0 fully saturated rings. The van der Waals surface area contributed by atoms with Crippen LogP contribution in [0.3, 0.4) is 0 Å². The summed E-state index contributed by atoms with van der Waals surface area (Å²) in [6, 6.07) is 0. The molecule has 0 heterocycles. The second-order valence-corrected chi connectivity index (χ2v) is 1.34. The maximum atomic E-state index is 8.55. The first-order valence-corrected chi connectivity index (χ1v) is 2.19. The molecular weight excluding hydrogens is 255 g/mol. The molecule has 0 aliphatic heterocycles. The molecule has 0 aromatic heterocycles. The molecule has 0 aliphatic carbocycles. The Hall–Kier alpha value is 3.26. The zero-order valence-corrected chi connectivity index (χ0v) is 11.7. The fourth-order valence-corrected chi connectivity index (χ4v) is 0. The van der Waals surface area contributed by atoms with Crippen molar-refractivity contribution in [1.29, 1.82) is 0 Å². The minimum Gasteiger partial charge on any atom is -2.00 e. The Balaban J connectivity index is -0.00000000800. The van der Waals surface area contributed by atoms with Gasteiger partial charge < -0.3 is 30.2 Å². The molecule has 0 spiro atoms.